The molecule has 0 spiro atoms. The number of hydrogen-bond acceptors (Lipinski definition) is 3. The summed E-state index contributed by atoms with van der Waals surface area (Å²) in [5.74, 6) is -0.891. The summed E-state index contributed by atoms with van der Waals surface area (Å²) >= 11 is 0. The molecular weight excluding hydrogens is 354 g/mol. The van der Waals surface area contributed by atoms with Crippen LogP contribution >= 0.6 is 0 Å². The highest BCUT2D eigenvalue weighted by molar-refractivity contribution is 6.01. The van der Waals surface area contributed by atoms with Gasteiger partial charge in [-0.05, 0) is 49.2 Å². The molecule has 0 radical (unpaired) electrons. The number of carbonyl (C=O) groups is 2. The van der Waals surface area contributed by atoms with Crippen molar-refractivity contribution in [3.8, 4) is 5.75 Å². The lowest BCUT2D eigenvalue weighted by Gasteiger charge is -2.22. The predicted octanol–water partition coefficient (Wildman–Crippen LogP) is 3.99. The van der Waals surface area contributed by atoms with Gasteiger partial charge in [0.2, 0.25) is 5.91 Å². The summed E-state index contributed by atoms with van der Waals surface area (Å²) in [6.07, 6.45) is 0. The van der Waals surface area contributed by atoms with Gasteiger partial charge < -0.3 is 15.4 Å². The van der Waals surface area contributed by atoms with Gasteiger partial charge in [-0.25, -0.2) is 0 Å². The summed E-state index contributed by atoms with van der Waals surface area (Å²) in [5.41, 5.74) is 1.83. The molecule has 1 atom stereocenters. The van der Waals surface area contributed by atoms with E-state index in [0.29, 0.717) is 11.3 Å². The van der Waals surface area contributed by atoms with Gasteiger partial charge in [0.1, 0.15) is 11.8 Å². The van der Waals surface area contributed by atoms with E-state index >= 15 is 0 Å². The molecule has 0 aliphatic carbocycles. The Hall–Kier alpha value is -2.96. The number of benzene rings is 2. The lowest BCUT2D eigenvalue weighted by Crippen LogP contribution is -2.47. The van der Waals surface area contributed by atoms with Crippen LogP contribution in [0.2, 0.25) is 0 Å². The minimum atomic E-state index is -2.91. The van der Waals surface area contributed by atoms with Crippen molar-refractivity contribution in [1.82, 2.24) is 5.32 Å². The highest BCUT2D eigenvalue weighted by atomic mass is 19.3. The third kappa shape index (κ3) is 6.06. The molecule has 0 saturated carbocycles. The predicted molar refractivity (Wildman–Crippen MR) is 99.0 cm³/mol. The van der Waals surface area contributed by atoms with Gasteiger partial charge >= 0.3 is 6.61 Å². The molecule has 1 unspecified atom stereocenters. The maximum atomic E-state index is 12.6. The molecule has 5 nitrogen and oxygen atoms in total. The number of anilines is 1. The summed E-state index contributed by atoms with van der Waals surface area (Å²) < 4.78 is 28.6. The third-order valence-corrected chi connectivity index (χ3v) is 3.86. The Bertz CT molecular complexity index is 792. The van der Waals surface area contributed by atoms with E-state index in [9.17, 15) is 18.4 Å². The molecule has 0 bridgehead atoms. The smallest absolute Gasteiger partial charge is 0.387 e. The zero-order valence-electron chi connectivity index (χ0n) is 15.3. The first-order valence-electron chi connectivity index (χ1n) is 8.49. The number of alkyl halides is 2. The first-order chi connectivity index (χ1) is 12.8. The number of carbonyl (C=O) groups excluding carboxylic acids is 2. The van der Waals surface area contributed by atoms with Crippen LogP contribution in [0.5, 0.6) is 5.75 Å². The molecule has 0 aliphatic rings. The van der Waals surface area contributed by atoms with Crippen molar-refractivity contribution in [3.63, 3.8) is 0 Å². The molecule has 2 amide bonds. The standard InChI is InChI=1S/C20H22F2N2O3/c1-12(2)17(24-18(25)14-6-4-5-13(3)11-14)19(26)23-15-7-9-16(10-8-15)27-20(21)22/h4-12,17,20H,1-3H3,(H,23,26)(H,24,25). The summed E-state index contributed by atoms with van der Waals surface area (Å²) in [5, 5.41) is 5.42. The number of ether oxygens (including phenoxy) is 1. The van der Waals surface area contributed by atoms with Crippen LogP contribution in [0.25, 0.3) is 0 Å². The quantitative estimate of drug-likeness (QED) is 0.768. The van der Waals surface area contributed by atoms with E-state index in [4.69, 9.17) is 0 Å². The van der Waals surface area contributed by atoms with Gasteiger partial charge in [0.05, 0.1) is 0 Å². The lowest BCUT2D eigenvalue weighted by atomic mass is 10.0. The van der Waals surface area contributed by atoms with Gasteiger partial charge in [0.15, 0.2) is 0 Å². The lowest BCUT2D eigenvalue weighted by molar-refractivity contribution is -0.118. The molecule has 0 saturated heterocycles. The number of hydrogen-bond donors (Lipinski definition) is 2. The first kappa shape index (κ1) is 20.4. The summed E-state index contributed by atoms with van der Waals surface area (Å²) in [4.78, 5) is 25.0. The average Bonchev–Trinajstić information content (AvgIpc) is 2.60. The van der Waals surface area contributed by atoms with Crippen LogP contribution in [-0.4, -0.2) is 24.5 Å². The first-order valence-corrected chi connectivity index (χ1v) is 8.49. The molecule has 2 rings (SSSR count). The fourth-order valence-electron chi connectivity index (χ4n) is 2.49. The minimum absolute atomic E-state index is 0.00356. The zero-order chi connectivity index (χ0) is 20.0. The molecule has 0 heterocycles. The van der Waals surface area contributed by atoms with E-state index in [1.54, 1.807) is 18.2 Å². The van der Waals surface area contributed by atoms with Crippen LogP contribution in [0, 0.1) is 12.8 Å². The molecule has 7 heteroatoms. The van der Waals surface area contributed by atoms with E-state index in [0.717, 1.165) is 5.56 Å². The highest BCUT2D eigenvalue weighted by Gasteiger charge is 2.25. The molecular formula is C20H22F2N2O3. The summed E-state index contributed by atoms with van der Waals surface area (Å²) in [6.45, 7) is 2.61. The molecule has 144 valence electrons. The van der Waals surface area contributed by atoms with Crippen LogP contribution < -0.4 is 15.4 Å². The Balaban J connectivity index is 2.05. The zero-order valence-corrected chi connectivity index (χ0v) is 15.3. The van der Waals surface area contributed by atoms with E-state index in [1.807, 2.05) is 26.8 Å². The van der Waals surface area contributed by atoms with Crippen LogP contribution in [0.1, 0.15) is 29.8 Å². The van der Waals surface area contributed by atoms with Crippen LogP contribution in [0.4, 0.5) is 14.5 Å². The number of aryl methyl sites for hydroxylation is 1. The van der Waals surface area contributed by atoms with Crippen LogP contribution in [0.3, 0.4) is 0 Å². The van der Waals surface area contributed by atoms with Crippen molar-refractivity contribution in [2.24, 2.45) is 5.92 Å². The second kappa shape index (κ2) is 9.12. The third-order valence-electron chi connectivity index (χ3n) is 3.86. The second-order valence-corrected chi connectivity index (χ2v) is 6.46. The molecule has 2 aromatic carbocycles. The summed E-state index contributed by atoms with van der Waals surface area (Å²) in [6, 6.07) is 11.9. The van der Waals surface area contributed by atoms with Crippen molar-refractivity contribution in [2.45, 2.75) is 33.4 Å². The van der Waals surface area contributed by atoms with E-state index in [1.165, 1.54) is 24.3 Å². The van der Waals surface area contributed by atoms with Gasteiger partial charge in [-0.3, -0.25) is 9.59 Å². The Morgan fingerprint density at radius 3 is 2.26 bits per heavy atom. The van der Waals surface area contributed by atoms with E-state index < -0.39 is 18.6 Å². The number of halogens is 2. The Morgan fingerprint density at radius 1 is 1.04 bits per heavy atom. The second-order valence-electron chi connectivity index (χ2n) is 6.46. The maximum Gasteiger partial charge on any atom is 0.387 e. The SMILES string of the molecule is Cc1cccc(C(=O)NC(C(=O)Nc2ccc(OC(F)F)cc2)C(C)C)c1. The molecule has 2 N–H and O–H groups in total. The van der Waals surface area contributed by atoms with E-state index in [-0.39, 0.29) is 17.6 Å². The normalized spacial score (nSPS) is 12.0. The number of rotatable bonds is 7. The molecule has 0 aliphatic heterocycles. The van der Waals surface area contributed by atoms with Gasteiger partial charge in [-0.15, -0.1) is 0 Å². The fraction of sp³-hybridized carbons (Fsp3) is 0.300. The number of nitrogens with one attached hydrogen (secondary N) is 2. The molecule has 0 aromatic heterocycles. The van der Waals surface area contributed by atoms with Crippen LogP contribution in [0.15, 0.2) is 48.5 Å². The maximum absolute atomic E-state index is 12.6. The van der Waals surface area contributed by atoms with Crippen LogP contribution in [-0.2, 0) is 4.79 Å². The minimum Gasteiger partial charge on any atom is -0.435 e. The molecule has 2 aromatic rings. The Morgan fingerprint density at radius 2 is 1.70 bits per heavy atom. The Kier molecular flexibility index (Phi) is 6.87. The molecule has 0 fully saturated rings. The number of amides is 2. The molecule has 27 heavy (non-hydrogen) atoms. The van der Waals surface area contributed by atoms with Crippen molar-refractivity contribution in [3.05, 3.63) is 59.7 Å². The highest BCUT2D eigenvalue weighted by Crippen LogP contribution is 2.18. The van der Waals surface area contributed by atoms with Gasteiger partial charge in [-0.1, -0.05) is 31.5 Å². The van der Waals surface area contributed by atoms with Gasteiger partial charge in [0, 0.05) is 11.3 Å². The Labute approximate surface area is 156 Å². The van der Waals surface area contributed by atoms with Gasteiger partial charge in [0.25, 0.3) is 5.91 Å². The van der Waals surface area contributed by atoms with Crippen molar-refractivity contribution in [1.29, 1.82) is 0 Å². The average molecular weight is 376 g/mol. The van der Waals surface area contributed by atoms with Gasteiger partial charge in [-0.2, -0.15) is 8.78 Å². The van der Waals surface area contributed by atoms with Crippen molar-refractivity contribution >= 4 is 17.5 Å². The monoisotopic (exact) mass is 376 g/mol. The van der Waals surface area contributed by atoms with Crippen molar-refractivity contribution in [2.75, 3.05) is 5.32 Å². The van der Waals surface area contributed by atoms with E-state index in [2.05, 4.69) is 15.4 Å². The summed E-state index contributed by atoms with van der Waals surface area (Å²) in [7, 11) is 0. The topological polar surface area (TPSA) is 67.4 Å². The fourth-order valence-corrected chi connectivity index (χ4v) is 2.49. The largest absolute Gasteiger partial charge is 0.435 e. The van der Waals surface area contributed by atoms with Crippen molar-refractivity contribution < 1.29 is 23.1 Å².